The third kappa shape index (κ3) is 6.27. The summed E-state index contributed by atoms with van der Waals surface area (Å²) in [6, 6.07) is 6.30. The lowest BCUT2D eigenvalue weighted by molar-refractivity contribution is 0.0697. The van der Waals surface area contributed by atoms with Crippen LogP contribution in [0.1, 0.15) is 30.6 Å². The second-order valence-corrected chi connectivity index (χ2v) is 5.19. The molecule has 3 N–H and O–H groups in total. The standard InChI is InChI=1S/C15H23N3O3/c1-11(2)18(3)9-5-8-16-15(21)17-13-7-4-6-12(10-13)14(19)20/h4,6-7,10-11H,5,8-9H2,1-3H3,(H,19,20)(H2,16,17,21). The molecule has 2 amide bonds. The number of benzene rings is 1. The normalized spacial score (nSPS) is 10.7. The van der Waals surface area contributed by atoms with Gasteiger partial charge in [-0.2, -0.15) is 0 Å². The molecule has 6 heteroatoms. The van der Waals surface area contributed by atoms with Crippen molar-refractivity contribution in [3.63, 3.8) is 0 Å². The van der Waals surface area contributed by atoms with Crippen LogP contribution in [0.5, 0.6) is 0 Å². The number of amides is 2. The van der Waals surface area contributed by atoms with Gasteiger partial charge in [-0.05, 0) is 52.1 Å². The van der Waals surface area contributed by atoms with Crippen molar-refractivity contribution >= 4 is 17.7 Å². The summed E-state index contributed by atoms with van der Waals surface area (Å²) in [6.45, 7) is 5.72. The number of hydrogen-bond donors (Lipinski definition) is 3. The van der Waals surface area contributed by atoms with Gasteiger partial charge in [-0.15, -0.1) is 0 Å². The molecule has 0 aliphatic carbocycles. The van der Waals surface area contributed by atoms with Crippen LogP contribution in [0.4, 0.5) is 10.5 Å². The van der Waals surface area contributed by atoms with E-state index in [1.165, 1.54) is 12.1 Å². The Morgan fingerprint density at radius 1 is 1.33 bits per heavy atom. The molecule has 0 fully saturated rings. The molecule has 0 unspecified atom stereocenters. The van der Waals surface area contributed by atoms with Crippen LogP contribution in [-0.2, 0) is 0 Å². The van der Waals surface area contributed by atoms with Crippen LogP contribution in [-0.4, -0.2) is 48.2 Å². The molecule has 0 aliphatic rings. The summed E-state index contributed by atoms with van der Waals surface area (Å²) in [5.41, 5.74) is 0.609. The Bertz CT molecular complexity index is 489. The molecule has 0 atom stereocenters. The van der Waals surface area contributed by atoms with Crippen molar-refractivity contribution in [3.05, 3.63) is 29.8 Å². The maximum Gasteiger partial charge on any atom is 0.335 e. The SMILES string of the molecule is CC(C)N(C)CCCNC(=O)Nc1cccc(C(=O)O)c1. The van der Waals surface area contributed by atoms with E-state index in [-0.39, 0.29) is 11.6 Å². The zero-order valence-electron chi connectivity index (χ0n) is 12.7. The molecule has 6 nitrogen and oxygen atoms in total. The quantitative estimate of drug-likeness (QED) is 0.673. The van der Waals surface area contributed by atoms with Gasteiger partial charge in [-0.1, -0.05) is 6.07 Å². The second kappa shape index (κ2) is 8.26. The van der Waals surface area contributed by atoms with E-state index in [1.807, 2.05) is 7.05 Å². The fourth-order valence-corrected chi connectivity index (χ4v) is 1.69. The minimum atomic E-state index is -1.02. The number of carboxylic acid groups (broad SMARTS) is 1. The minimum absolute atomic E-state index is 0.145. The predicted octanol–water partition coefficient (Wildman–Crippen LogP) is 2.24. The largest absolute Gasteiger partial charge is 0.478 e. The average molecular weight is 293 g/mol. The lowest BCUT2D eigenvalue weighted by Crippen LogP contribution is -2.33. The topological polar surface area (TPSA) is 81.7 Å². The molecule has 0 saturated carbocycles. The molecule has 1 rings (SSSR count). The highest BCUT2D eigenvalue weighted by atomic mass is 16.4. The summed E-state index contributed by atoms with van der Waals surface area (Å²) in [5, 5.41) is 14.3. The number of carboxylic acids is 1. The van der Waals surface area contributed by atoms with E-state index in [4.69, 9.17) is 5.11 Å². The average Bonchev–Trinajstić information content (AvgIpc) is 2.43. The first-order valence-electron chi connectivity index (χ1n) is 6.98. The van der Waals surface area contributed by atoms with Crippen molar-refractivity contribution in [2.45, 2.75) is 26.3 Å². The molecule has 0 heterocycles. The van der Waals surface area contributed by atoms with E-state index in [1.54, 1.807) is 12.1 Å². The van der Waals surface area contributed by atoms with Crippen molar-refractivity contribution in [2.75, 3.05) is 25.5 Å². The smallest absolute Gasteiger partial charge is 0.335 e. The van der Waals surface area contributed by atoms with Crippen molar-refractivity contribution in [3.8, 4) is 0 Å². The summed E-state index contributed by atoms with van der Waals surface area (Å²) >= 11 is 0. The fraction of sp³-hybridized carbons (Fsp3) is 0.467. The summed E-state index contributed by atoms with van der Waals surface area (Å²) in [5.74, 6) is -1.02. The monoisotopic (exact) mass is 293 g/mol. The number of nitrogens with one attached hydrogen (secondary N) is 2. The fourth-order valence-electron chi connectivity index (χ4n) is 1.69. The van der Waals surface area contributed by atoms with E-state index in [0.29, 0.717) is 18.3 Å². The summed E-state index contributed by atoms with van der Waals surface area (Å²) in [7, 11) is 2.04. The number of aromatic carboxylic acids is 1. The Hall–Kier alpha value is -2.08. The number of carbonyl (C=O) groups is 2. The third-order valence-corrected chi connectivity index (χ3v) is 3.22. The summed E-state index contributed by atoms with van der Waals surface area (Å²) in [4.78, 5) is 24.7. The Morgan fingerprint density at radius 2 is 2.05 bits per heavy atom. The van der Waals surface area contributed by atoms with Gasteiger partial charge in [0.2, 0.25) is 0 Å². The van der Waals surface area contributed by atoms with Crippen LogP contribution in [0.3, 0.4) is 0 Å². The first-order valence-corrected chi connectivity index (χ1v) is 6.98. The highest BCUT2D eigenvalue weighted by Crippen LogP contribution is 2.10. The maximum absolute atomic E-state index is 11.7. The first kappa shape index (κ1) is 17.0. The van der Waals surface area contributed by atoms with Crippen molar-refractivity contribution < 1.29 is 14.7 Å². The number of rotatable bonds is 7. The van der Waals surface area contributed by atoms with Gasteiger partial charge < -0.3 is 20.6 Å². The molecule has 0 aromatic heterocycles. The maximum atomic E-state index is 11.7. The molecule has 0 spiro atoms. The molecule has 0 saturated heterocycles. The van der Waals surface area contributed by atoms with E-state index < -0.39 is 5.97 Å². The minimum Gasteiger partial charge on any atom is -0.478 e. The van der Waals surface area contributed by atoms with Crippen LogP contribution in [0.25, 0.3) is 0 Å². The van der Waals surface area contributed by atoms with Gasteiger partial charge in [0.25, 0.3) is 0 Å². The van der Waals surface area contributed by atoms with Crippen LogP contribution >= 0.6 is 0 Å². The van der Waals surface area contributed by atoms with Crippen LogP contribution in [0.15, 0.2) is 24.3 Å². The number of hydrogen-bond acceptors (Lipinski definition) is 3. The molecule has 0 bridgehead atoms. The molecule has 1 aromatic rings. The molecule has 1 aromatic carbocycles. The number of nitrogens with zero attached hydrogens (tertiary/aromatic N) is 1. The Kier molecular flexibility index (Phi) is 6.68. The van der Waals surface area contributed by atoms with E-state index >= 15 is 0 Å². The van der Waals surface area contributed by atoms with Gasteiger partial charge >= 0.3 is 12.0 Å². The summed E-state index contributed by atoms with van der Waals surface area (Å²) in [6.07, 6.45) is 0.858. The number of carbonyl (C=O) groups excluding carboxylic acids is 1. The first-order chi connectivity index (χ1) is 9.90. The molecular formula is C15H23N3O3. The lowest BCUT2D eigenvalue weighted by Gasteiger charge is -2.20. The third-order valence-electron chi connectivity index (χ3n) is 3.22. The second-order valence-electron chi connectivity index (χ2n) is 5.19. The van der Waals surface area contributed by atoms with E-state index in [2.05, 4.69) is 29.4 Å². The molecule has 0 radical (unpaired) electrons. The Balaban J connectivity index is 2.34. The predicted molar refractivity (Wildman–Crippen MR) is 82.8 cm³/mol. The summed E-state index contributed by atoms with van der Waals surface area (Å²) < 4.78 is 0. The number of anilines is 1. The van der Waals surface area contributed by atoms with Crippen molar-refractivity contribution in [2.24, 2.45) is 0 Å². The molecule has 116 valence electrons. The highest BCUT2D eigenvalue weighted by Gasteiger charge is 2.06. The van der Waals surface area contributed by atoms with Gasteiger partial charge in [0, 0.05) is 18.3 Å². The Labute approximate surface area is 125 Å². The highest BCUT2D eigenvalue weighted by molar-refractivity contribution is 5.93. The molecule has 0 aliphatic heterocycles. The van der Waals surface area contributed by atoms with Crippen LogP contribution < -0.4 is 10.6 Å². The zero-order chi connectivity index (χ0) is 15.8. The number of urea groups is 1. The lowest BCUT2D eigenvalue weighted by atomic mass is 10.2. The Morgan fingerprint density at radius 3 is 2.67 bits per heavy atom. The van der Waals surface area contributed by atoms with Gasteiger partial charge in [-0.3, -0.25) is 0 Å². The van der Waals surface area contributed by atoms with Crippen molar-refractivity contribution in [1.29, 1.82) is 0 Å². The van der Waals surface area contributed by atoms with Gasteiger partial charge in [-0.25, -0.2) is 9.59 Å². The zero-order valence-corrected chi connectivity index (χ0v) is 12.7. The molecule has 21 heavy (non-hydrogen) atoms. The van der Waals surface area contributed by atoms with Crippen molar-refractivity contribution in [1.82, 2.24) is 10.2 Å². The van der Waals surface area contributed by atoms with Crippen LogP contribution in [0.2, 0.25) is 0 Å². The van der Waals surface area contributed by atoms with Gasteiger partial charge in [0.15, 0.2) is 0 Å². The molecular weight excluding hydrogens is 270 g/mol. The van der Waals surface area contributed by atoms with Gasteiger partial charge in [0.05, 0.1) is 5.56 Å². The van der Waals surface area contributed by atoms with Crippen LogP contribution in [0, 0.1) is 0 Å². The van der Waals surface area contributed by atoms with Gasteiger partial charge in [0.1, 0.15) is 0 Å². The van der Waals surface area contributed by atoms with E-state index in [0.717, 1.165) is 13.0 Å². The van der Waals surface area contributed by atoms with E-state index in [9.17, 15) is 9.59 Å².